The number of fused-ring (bicyclic) bond motifs is 3. The minimum absolute atomic E-state index is 0.147. The number of halogens is 3. The molecule has 5 aromatic rings. The van der Waals surface area contributed by atoms with Crippen molar-refractivity contribution in [2.45, 2.75) is 0 Å². The molecule has 0 saturated heterocycles. The lowest BCUT2D eigenvalue weighted by Crippen LogP contribution is -2.00. The minimum atomic E-state index is -1.54. The number of hydrogen-bond donors (Lipinski definition) is 2. The van der Waals surface area contributed by atoms with E-state index in [0.717, 1.165) is 28.2 Å². The number of hydrogen-bond acceptors (Lipinski definition) is 5. The van der Waals surface area contributed by atoms with Crippen LogP contribution in [0.25, 0.3) is 27.4 Å². The standard InChI is InChI=1S/C17H9F3N6S/c18-9-2-3-10(14(20)13(9)19)22-16-24-17-23-11-7-8(15-21-5-6-27-15)1-4-12(11)26(17)25-16/h1-7H,(H2,22,23,24,25). The number of rotatable bonds is 3. The summed E-state index contributed by atoms with van der Waals surface area (Å²) in [5, 5.41) is 8.30. The van der Waals surface area contributed by atoms with E-state index in [4.69, 9.17) is 0 Å². The number of aromatic amines is 1. The highest BCUT2D eigenvalue weighted by atomic mass is 32.1. The van der Waals surface area contributed by atoms with Crippen molar-refractivity contribution >= 4 is 39.8 Å². The number of H-pyrrole nitrogens is 1. The first-order valence-electron chi connectivity index (χ1n) is 7.79. The van der Waals surface area contributed by atoms with Gasteiger partial charge in [-0.25, -0.2) is 27.7 Å². The van der Waals surface area contributed by atoms with E-state index in [-0.39, 0.29) is 11.6 Å². The van der Waals surface area contributed by atoms with Crippen LogP contribution in [0.15, 0.2) is 41.9 Å². The van der Waals surface area contributed by atoms with E-state index in [2.05, 4.69) is 25.4 Å². The third-order valence-corrected chi connectivity index (χ3v) is 4.86. The van der Waals surface area contributed by atoms with Crippen LogP contribution in [0.1, 0.15) is 0 Å². The molecule has 3 aromatic heterocycles. The van der Waals surface area contributed by atoms with Gasteiger partial charge in [0.25, 0.3) is 5.78 Å². The highest BCUT2D eigenvalue weighted by Gasteiger charge is 2.16. The van der Waals surface area contributed by atoms with Crippen LogP contribution in [0, 0.1) is 17.5 Å². The molecular weight excluding hydrogens is 377 g/mol. The number of nitrogens with one attached hydrogen (secondary N) is 2. The summed E-state index contributed by atoms with van der Waals surface area (Å²) in [5.74, 6) is -3.62. The topological polar surface area (TPSA) is 70.9 Å². The Kier molecular flexibility index (Phi) is 3.41. The lowest BCUT2D eigenvalue weighted by molar-refractivity contribution is 0.449. The Labute approximate surface area is 153 Å². The molecule has 6 nitrogen and oxygen atoms in total. The molecule has 2 aromatic carbocycles. The quantitative estimate of drug-likeness (QED) is 0.448. The van der Waals surface area contributed by atoms with Crippen LogP contribution in [-0.2, 0) is 0 Å². The van der Waals surface area contributed by atoms with E-state index in [1.54, 1.807) is 10.7 Å². The maximum absolute atomic E-state index is 13.8. The maximum Gasteiger partial charge on any atom is 0.253 e. The lowest BCUT2D eigenvalue weighted by atomic mass is 10.2. The third kappa shape index (κ3) is 2.53. The molecule has 27 heavy (non-hydrogen) atoms. The second-order valence-corrected chi connectivity index (χ2v) is 6.60. The van der Waals surface area contributed by atoms with Crippen LogP contribution in [0.4, 0.5) is 24.8 Å². The fourth-order valence-electron chi connectivity index (χ4n) is 2.79. The zero-order valence-electron chi connectivity index (χ0n) is 13.4. The minimum Gasteiger partial charge on any atom is -0.322 e. The Balaban J connectivity index is 1.54. The summed E-state index contributed by atoms with van der Waals surface area (Å²) in [6.07, 6.45) is 1.73. The summed E-state index contributed by atoms with van der Waals surface area (Å²) in [6, 6.07) is 7.62. The number of imidazole rings is 1. The highest BCUT2D eigenvalue weighted by molar-refractivity contribution is 7.13. The Hall–Kier alpha value is -3.40. The molecule has 0 aliphatic heterocycles. The SMILES string of the molecule is Fc1ccc(Nc2nc3nc4cc(-c5nccs5)ccc4n3[nH]2)c(F)c1F. The number of anilines is 2. The zero-order valence-corrected chi connectivity index (χ0v) is 14.2. The van der Waals surface area contributed by atoms with Gasteiger partial charge in [0.2, 0.25) is 5.95 Å². The van der Waals surface area contributed by atoms with E-state index in [9.17, 15) is 13.2 Å². The summed E-state index contributed by atoms with van der Waals surface area (Å²) in [4.78, 5) is 12.9. The van der Waals surface area contributed by atoms with Crippen LogP contribution in [-0.4, -0.2) is 24.6 Å². The van der Waals surface area contributed by atoms with E-state index in [1.807, 2.05) is 23.6 Å². The van der Waals surface area contributed by atoms with Gasteiger partial charge in [-0.05, 0) is 30.3 Å². The fraction of sp³-hybridized carbons (Fsp3) is 0. The summed E-state index contributed by atoms with van der Waals surface area (Å²) in [6.45, 7) is 0. The van der Waals surface area contributed by atoms with Gasteiger partial charge in [0.1, 0.15) is 5.01 Å². The molecule has 0 spiro atoms. The molecule has 10 heteroatoms. The molecule has 0 fully saturated rings. The zero-order chi connectivity index (χ0) is 18.5. The van der Waals surface area contributed by atoms with Crippen molar-refractivity contribution < 1.29 is 13.2 Å². The van der Waals surface area contributed by atoms with E-state index in [1.165, 1.54) is 11.3 Å². The number of aromatic nitrogens is 5. The summed E-state index contributed by atoms with van der Waals surface area (Å²) in [5.41, 5.74) is 2.19. The molecule has 0 unspecified atom stereocenters. The van der Waals surface area contributed by atoms with Crippen molar-refractivity contribution in [3.05, 3.63) is 59.4 Å². The maximum atomic E-state index is 13.8. The first-order chi connectivity index (χ1) is 13.1. The van der Waals surface area contributed by atoms with Crippen molar-refractivity contribution in [2.75, 3.05) is 5.32 Å². The van der Waals surface area contributed by atoms with E-state index >= 15 is 0 Å². The Morgan fingerprint density at radius 1 is 1.04 bits per heavy atom. The fourth-order valence-corrected chi connectivity index (χ4v) is 3.42. The van der Waals surface area contributed by atoms with Crippen LogP contribution < -0.4 is 5.32 Å². The second kappa shape index (κ2) is 5.81. The number of benzene rings is 2. The van der Waals surface area contributed by atoms with Crippen LogP contribution in [0.3, 0.4) is 0 Å². The molecule has 134 valence electrons. The van der Waals surface area contributed by atoms with Crippen LogP contribution >= 0.6 is 11.3 Å². The van der Waals surface area contributed by atoms with Crippen molar-refractivity contribution in [3.8, 4) is 10.6 Å². The van der Waals surface area contributed by atoms with Gasteiger partial charge >= 0.3 is 0 Å². The largest absolute Gasteiger partial charge is 0.322 e. The molecule has 0 atom stereocenters. The smallest absolute Gasteiger partial charge is 0.253 e. The van der Waals surface area contributed by atoms with Crippen molar-refractivity contribution in [2.24, 2.45) is 0 Å². The summed E-state index contributed by atoms with van der Waals surface area (Å²) < 4.78 is 41.8. The van der Waals surface area contributed by atoms with E-state index in [0.29, 0.717) is 11.3 Å². The van der Waals surface area contributed by atoms with Crippen LogP contribution in [0.2, 0.25) is 0 Å². The van der Waals surface area contributed by atoms with Crippen molar-refractivity contribution in [1.82, 2.24) is 24.6 Å². The third-order valence-electron chi connectivity index (χ3n) is 4.03. The molecule has 0 bridgehead atoms. The average molecular weight is 386 g/mol. The summed E-state index contributed by atoms with van der Waals surface area (Å²) in [7, 11) is 0. The van der Waals surface area contributed by atoms with Gasteiger partial charge in [-0.15, -0.1) is 11.3 Å². The second-order valence-electron chi connectivity index (χ2n) is 5.71. The number of nitrogens with zero attached hydrogens (tertiary/aromatic N) is 4. The van der Waals surface area contributed by atoms with Crippen molar-refractivity contribution in [3.63, 3.8) is 0 Å². The van der Waals surface area contributed by atoms with Gasteiger partial charge in [-0.3, -0.25) is 5.10 Å². The molecule has 0 aliphatic rings. The van der Waals surface area contributed by atoms with Gasteiger partial charge in [-0.2, -0.15) is 4.98 Å². The first kappa shape index (κ1) is 15.8. The Morgan fingerprint density at radius 2 is 1.93 bits per heavy atom. The molecule has 3 heterocycles. The molecule has 0 aliphatic carbocycles. The summed E-state index contributed by atoms with van der Waals surface area (Å²) >= 11 is 1.53. The molecule has 2 N–H and O–H groups in total. The van der Waals surface area contributed by atoms with Crippen LogP contribution in [0.5, 0.6) is 0 Å². The molecule has 0 amide bonds. The van der Waals surface area contributed by atoms with Gasteiger partial charge in [-0.1, -0.05) is 0 Å². The predicted octanol–water partition coefficient (Wildman–Crippen LogP) is 4.50. The normalized spacial score (nSPS) is 11.5. The number of thiazole rings is 1. The lowest BCUT2D eigenvalue weighted by Gasteiger charge is -2.05. The monoisotopic (exact) mass is 386 g/mol. The molecule has 0 radical (unpaired) electrons. The molecule has 5 rings (SSSR count). The predicted molar refractivity (Wildman–Crippen MR) is 95.6 cm³/mol. The van der Waals surface area contributed by atoms with E-state index < -0.39 is 17.5 Å². The highest BCUT2D eigenvalue weighted by Crippen LogP contribution is 2.27. The van der Waals surface area contributed by atoms with Crippen molar-refractivity contribution in [1.29, 1.82) is 0 Å². The first-order valence-corrected chi connectivity index (χ1v) is 8.67. The molecule has 0 saturated carbocycles. The average Bonchev–Trinajstić information content (AvgIpc) is 3.37. The Bertz CT molecular complexity index is 1290. The molecular formula is C17H9F3N6S. The Morgan fingerprint density at radius 3 is 2.74 bits per heavy atom. The van der Waals surface area contributed by atoms with Gasteiger partial charge in [0, 0.05) is 17.1 Å². The van der Waals surface area contributed by atoms with Gasteiger partial charge < -0.3 is 5.32 Å². The van der Waals surface area contributed by atoms with Gasteiger partial charge in [0.05, 0.1) is 16.7 Å². The van der Waals surface area contributed by atoms with Gasteiger partial charge in [0.15, 0.2) is 17.5 Å².